The summed E-state index contributed by atoms with van der Waals surface area (Å²) >= 11 is 0. The van der Waals surface area contributed by atoms with E-state index in [1.54, 1.807) is 28.4 Å². The Bertz CT molecular complexity index is 697. The smallest absolute Gasteiger partial charge is 0.0351 e. The van der Waals surface area contributed by atoms with Gasteiger partial charge in [-0.3, -0.25) is 0 Å². The molecular formula is C33H60O2. The van der Waals surface area contributed by atoms with Crippen molar-refractivity contribution in [3.05, 3.63) is 83.0 Å². The van der Waals surface area contributed by atoms with Crippen molar-refractivity contribution in [1.29, 1.82) is 0 Å². The Morgan fingerprint density at radius 2 is 0.943 bits per heavy atom. The molecule has 35 heavy (non-hydrogen) atoms. The molecule has 0 spiro atoms. The van der Waals surface area contributed by atoms with Crippen LogP contribution < -0.4 is 0 Å². The van der Waals surface area contributed by atoms with E-state index in [1.165, 1.54) is 22.3 Å². The third-order valence-corrected chi connectivity index (χ3v) is 5.27. The molecule has 0 bridgehead atoms. The maximum absolute atomic E-state index is 4.25. The van der Waals surface area contributed by atoms with E-state index in [0.717, 1.165) is 6.42 Å². The molecule has 0 saturated carbocycles. The Hall–Kier alpha value is -1.90. The number of rotatable bonds is 7. The van der Waals surface area contributed by atoms with Crippen molar-refractivity contribution in [2.75, 3.05) is 28.4 Å². The molecule has 1 rings (SSSR count). The zero-order valence-corrected chi connectivity index (χ0v) is 26.3. The van der Waals surface area contributed by atoms with Gasteiger partial charge >= 0.3 is 0 Å². The highest BCUT2D eigenvalue weighted by atomic mass is 16.5. The van der Waals surface area contributed by atoms with Crippen LogP contribution in [0.2, 0.25) is 0 Å². The molecule has 2 heteroatoms. The molecule has 0 N–H and O–H groups in total. The van der Waals surface area contributed by atoms with E-state index < -0.39 is 0 Å². The first-order chi connectivity index (χ1) is 16.6. The molecule has 0 aromatic heterocycles. The van der Waals surface area contributed by atoms with Crippen LogP contribution in [-0.4, -0.2) is 28.4 Å². The van der Waals surface area contributed by atoms with Gasteiger partial charge in [-0.1, -0.05) is 123 Å². The average Bonchev–Trinajstić information content (AvgIpc) is 2.86. The third-order valence-electron chi connectivity index (χ3n) is 5.27. The second-order valence-electron chi connectivity index (χ2n) is 8.44. The highest BCUT2D eigenvalue weighted by Crippen LogP contribution is 2.36. The van der Waals surface area contributed by atoms with E-state index in [1.807, 2.05) is 27.7 Å². The highest BCUT2D eigenvalue weighted by Gasteiger charge is 2.26. The fourth-order valence-corrected chi connectivity index (χ4v) is 3.39. The zero-order valence-electron chi connectivity index (χ0n) is 26.3. The molecule has 0 radical (unpaired) electrons. The van der Waals surface area contributed by atoms with Crippen LogP contribution in [0.5, 0.6) is 0 Å². The van der Waals surface area contributed by atoms with Gasteiger partial charge in [-0.25, -0.2) is 0 Å². The van der Waals surface area contributed by atoms with Crippen LogP contribution in [0, 0.1) is 0 Å². The van der Waals surface area contributed by atoms with Crippen molar-refractivity contribution in [3.8, 4) is 0 Å². The predicted octanol–water partition coefficient (Wildman–Crippen LogP) is 10.3. The van der Waals surface area contributed by atoms with Crippen molar-refractivity contribution in [1.82, 2.24) is 0 Å². The average molecular weight is 489 g/mol. The lowest BCUT2D eigenvalue weighted by atomic mass is 9.74. The van der Waals surface area contributed by atoms with Crippen molar-refractivity contribution >= 4 is 0 Å². The van der Waals surface area contributed by atoms with E-state index in [4.69, 9.17) is 0 Å². The monoisotopic (exact) mass is 488 g/mol. The van der Waals surface area contributed by atoms with Gasteiger partial charge < -0.3 is 9.47 Å². The zero-order chi connectivity index (χ0) is 28.5. The molecule has 1 aromatic carbocycles. The summed E-state index contributed by atoms with van der Waals surface area (Å²) in [6, 6.07) is 9.18. The number of allylic oxidation sites excluding steroid dienone is 8. The number of hydrogen-bond acceptors (Lipinski definition) is 2. The number of methoxy groups -OCH3 is 2. The molecule has 0 unspecified atom stereocenters. The summed E-state index contributed by atoms with van der Waals surface area (Å²) in [6.45, 7) is 25.7. The number of benzene rings is 1. The topological polar surface area (TPSA) is 18.5 Å². The minimum Gasteiger partial charge on any atom is -0.388 e. The molecule has 1 aromatic rings. The van der Waals surface area contributed by atoms with Gasteiger partial charge in [-0.15, -0.1) is 0 Å². The van der Waals surface area contributed by atoms with E-state index in [2.05, 4.69) is 126 Å². The number of ether oxygens (including phenoxy) is 2. The fraction of sp³-hybridized carbons (Fsp3) is 0.576. The molecular weight excluding hydrogens is 428 g/mol. The standard InChI is InChI=1S/C25H36.2C2H6O.2C2H6/c1-9-13-15-21(12-4)25(7,8)23-18-16-22(17-19-23)24(5,6)20(11-3)14-10-2;2*1-3-2;2*1-2/h10-19H,9H2,1-8H3;2*1-2H3;2*1-2H3/b14-10-,15-13-,20-11+,21-12+;;;;. The predicted molar refractivity (Wildman–Crippen MR) is 163 cm³/mol. The van der Waals surface area contributed by atoms with E-state index >= 15 is 0 Å². The van der Waals surface area contributed by atoms with Crippen LogP contribution in [0.3, 0.4) is 0 Å². The minimum atomic E-state index is 0.00940. The summed E-state index contributed by atoms with van der Waals surface area (Å²) in [6.07, 6.45) is 14.3. The van der Waals surface area contributed by atoms with Crippen LogP contribution in [0.15, 0.2) is 71.9 Å². The molecule has 204 valence electrons. The Morgan fingerprint density at radius 3 is 1.17 bits per heavy atom. The molecule has 0 heterocycles. The van der Waals surface area contributed by atoms with Crippen LogP contribution >= 0.6 is 0 Å². The summed E-state index contributed by atoms with van der Waals surface area (Å²) in [4.78, 5) is 0. The second-order valence-corrected chi connectivity index (χ2v) is 8.44. The largest absolute Gasteiger partial charge is 0.388 e. The van der Waals surface area contributed by atoms with Gasteiger partial charge in [-0.05, 0) is 49.5 Å². The van der Waals surface area contributed by atoms with Crippen molar-refractivity contribution in [2.45, 2.75) is 100 Å². The van der Waals surface area contributed by atoms with Gasteiger partial charge in [0, 0.05) is 39.3 Å². The molecule has 0 aliphatic rings. The number of hydrogen-bond donors (Lipinski definition) is 0. The molecule has 2 nitrogen and oxygen atoms in total. The molecule has 0 fully saturated rings. The van der Waals surface area contributed by atoms with Crippen molar-refractivity contribution in [3.63, 3.8) is 0 Å². The van der Waals surface area contributed by atoms with E-state index in [-0.39, 0.29) is 10.8 Å². The minimum absolute atomic E-state index is 0.00940. The quantitative estimate of drug-likeness (QED) is 0.355. The molecule has 0 amide bonds. The molecule has 0 saturated heterocycles. The van der Waals surface area contributed by atoms with Gasteiger partial charge in [0.2, 0.25) is 0 Å². The lowest BCUT2D eigenvalue weighted by Crippen LogP contribution is -2.22. The molecule has 0 aliphatic heterocycles. The van der Waals surface area contributed by atoms with Gasteiger partial charge in [0.05, 0.1) is 0 Å². The molecule has 0 aliphatic carbocycles. The summed E-state index contributed by atoms with van der Waals surface area (Å²) in [5.74, 6) is 0. The fourth-order valence-electron chi connectivity index (χ4n) is 3.39. The maximum Gasteiger partial charge on any atom is 0.0351 e. The van der Waals surface area contributed by atoms with E-state index in [0.29, 0.717) is 0 Å². The van der Waals surface area contributed by atoms with Gasteiger partial charge in [0.15, 0.2) is 0 Å². The van der Waals surface area contributed by atoms with Gasteiger partial charge in [-0.2, -0.15) is 0 Å². The lowest BCUT2D eigenvalue weighted by molar-refractivity contribution is 0.277. The van der Waals surface area contributed by atoms with Crippen LogP contribution in [-0.2, 0) is 20.3 Å². The maximum atomic E-state index is 4.25. The highest BCUT2D eigenvalue weighted by molar-refractivity contribution is 5.45. The Balaban J connectivity index is -0.000000416. The Morgan fingerprint density at radius 1 is 0.657 bits per heavy atom. The normalized spacial score (nSPS) is 11.9. The van der Waals surface area contributed by atoms with Crippen LogP contribution in [0.25, 0.3) is 0 Å². The SMILES string of the molecule is C/C=C\C(=C/C)C(C)(C)c1ccc(C(C)(C)C(/C=C\CC)=C/C)cc1.CC.CC.COC.COC. The summed E-state index contributed by atoms with van der Waals surface area (Å²) in [7, 11) is 6.50. The second kappa shape index (κ2) is 25.2. The Labute approximate surface area is 221 Å². The van der Waals surface area contributed by atoms with Crippen molar-refractivity contribution in [2.24, 2.45) is 0 Å². The van der Waals surface area contributed by atoms with Crippen LogP contribution in [0.1, 0.15) is 101 Å². The summed E-state index contributed by atoms with van der Waals surface area (Å²) in [5.41, 5.74) is 5.44. The summed E-state index contributed by atoms with van der Waals surface area (Å²) < 4.78 is 8.50. The van der Waals surface area contributed by atoms with Gasteiger partial charge in [0.25, 0.3) is 0 Å². The van der Waals surface area contributed by atoms with Crippen LogP contribution in [0.4, 0.5) is 0 Å². The first-order valence-corrected chi connectivity index (χ1v) is 13.1. The first kappa shape index (κ1) is 40.3. The van der Waals surface area contributed by atoms with Crippen molar-refractivity contribution < 1.29 is 9.47 Å². The van der Waals surface area contributed by atoms with Gasteiger partial charge in [0.1, 0.15) is 0 Å². The molecule has 0 atom stereocenters. The van der Waals surface area contributed by atoms with E-state index in [9.17, 15) is 0 Å². The lowest BCUT2D eigenvalue weighted by Gasteiger charge is -2.30. The third kappa shape index (κ3) is 15.7. The Kier molecular flexibility index (Phi) is 29.0. The summed E-state index contributed by atoms with van der Waals surface area (Å²) in [5, 5.41) is 0. The first-order valence-electron chi connectivity index (χ1n) is 13.1.